The van der Waals surface area contributed by atoms with Crippen LogP contribution in [0.25, 0.3) is 27.5 Å². The molecule has 6 rings (SSSR count). The molecule has 5 aromatic carbocycles. The Hall–Kier alpha value is -4.70. The molecule has 0 aliphatic rings. The van der Waals surface area contributed by atoms with E-state index in [9.17, 15) is 0 Å². The number of aromatic nitrogens is 1. The number of hydrogen-bond acceptors (Lipinski definition) is 3. The van der Waals surface area contributed by atoms with Crippen LogP contribution in [0.2, 0.25) is 0 Å². The summed E-state index contributed by atoms with van der Waals surface area (Å²) in [6, 6.07) is 42.1. The molecule has 0 fully saturated rings. The maximum Gasteiger partial charge on any atom is 0.119 e. The Labute approximate surface area is 210 Å². The van der Waals surface area contributed by atoms with Crippen LogP contribution in [0.15, 0.2) is 121 Å². The summed E-state index contributed by atoms with van der Waals surface area (Å²) in [5, 5.41) is 2.52. The molecule has 36 heavy (non-hydrogen) atoms. The second-order valence-corrected chi connectivity index (χ2v) is 8.62. The third kappa shape index (κ3) is 3.73. The molecule has 0 saturated carbocycles. The Kier molecular flexibility index (Phi) is 5.55. The van der Waals surface area contributed by atoms with E-state index in [2.05, 4.69) is 107 Å². The van der Waals surface area contributed by atoms with Crippen LogP contribution in [0.4, 0.5) is 17.1 Å². The van der Waals surface area contributed by atoms with Gasteiger partial charge in [0, 0.05) is 33.5 Å². The molecule has 0 N–H and O–H groups in total. The number of rotatable bonds is 6. The third-order valence-electron chi connectivity index (χ3n) is 6.61. The van der Waals surface area contributed by atoms with Crippen molar-refractivity contribution in [2.24, 2.45) is 0 Å². The van der Waals surface area contributed by atoms with Gasteiger partial charge in [0.1, 0.15) is 11.5 Å². The van der Waals surface area contributed by atoms with Gasteiger partial charge in [-0.3, -0.25) is 0 Å². The number of anilines is 3. The normalized spacial score (nSPS) is 11.1. The lowest BCUT2D eigenvalue weighted by Crippen LogP contribution is -2.10. The topological polar surface area (TPSA) is 26.6 Å². The van der Waals surface area contributed by atoms with E-state index in [1.54, 1.807) is 14.2 Å². The number of ether oxygens (including phenoxy) is 2. The lowest BCUT2D eigenvalue weighted by atomic mass is 10.1. The highest BCUT2D eigenvalue weighted by Gasteiger charge is 2.15. The summed E-state index contributed by atoms with van der Waals surface area (Å²) in [5.74, 6) is 1.66. The number of benzene rings is 5. The van der Waals surface area contributed by atoms with Gasteiger partial charge in [0.15, 0.2) is 0 Å². The van der Waals surface area contributed by atoms with E-state index in [1.165, 1.54) is 21.8 Å². The summed E-state index contributed by atoms with van der Waals surface area (Å²) in [6.07, 6.45) is 0. The van der Waals surface area contributed by atoms with Crippen molar-refractivity contribution in [1.29, 1.82) is 0 Å². The van der Waals surface area contributed by atoms with Gasteiger partial charge in [-0.2, -0.15) is 0 Å². The van der Waals surface area contributed by atoms with E-state index in [4.69, 9.17) is 9.47 Å². The van der Waals surface area contributed by atoms with Gasteiger partial charge in [-0.05, 0) is 84.9 Å². The molecule has 6 aromatic rings. The molecule has 4 heteroatoms. The third-order valence-corrected chi connectivity index (χ3v) is 6.61. The van der Waals surface area contributed by atoms with Gasteiger partial charge in [0.05, 0.1) is 25.3 Å². The first-order valence-corrected chi connectivity index (χ1v) is 11.9. The summed E-state index contributed by atoms with van der Waals surface area (Å²) < 4.78 is 13.1. The van der Waals surface area contributed by atoms with Gasteiger partial charge in [-0.15, -0.1) is 0 Å². The summed E-state index contributed by atoms with van der Waals surface area (Å²) in [6.45, 7) is 0. The molecule has 0 bridgehead atoms. The molecule has 176 valence electrons. The van der Waals surface area contributed by atoms with E-state index < -0.39 is 0 Å². The Balaban J connectivity index is 1.47. The fourth-order valence-electron chi connectivity index (χ4n) is 4.86. The molecule has 1 heterocycles. The zero-order valence-corrected chi connectivity index (χ0v) is 20.3. The molecule has 0 radical (unpaired) electrons. The van der Waals surface area contributed by atoms with Crippen LogP contribution >= 0.6 is 0 Å². The van der Waals surface area contributed by atoms with Gasteiger partial charge < -0.3 is 18.9 Å². The van der Waals surface area contributed by atoms with Crippen LogP contribution < -0.4 is 14.4 Å². The quantitative estimate of drug-likeness (QED) is 0.245. The first-order valence-electron chi connectivity index (χ1n) is 11.9. The van der Waals surface area contributed by atoms with Crippen LogP contribution in [0.5, 0.6) is 11.5 Å². The minimum absolute atomic E-state index is 0.829. The fraction of sp³-hybridized carbons (Fsp3) is 0.0625. The highest BCUT2D eigenvalue weighted by atomic mass is 16.5. The SMILES string of the molecule is COc1ccc(N(c2ccc(OC)cc2)c2ccc(-n3c4ccccc4c4ccccc43)cc2)cc1. The fourth-order valence-corrected chi connectivity index (χ4v) is 4.86. The average Bonchev–Trinajstić information content (AvgIpc) is 3.29. The van der Waals surface area contributed by atoms with Crippen LogP contribution in [0.1, 0.15) is 0 Å². The molecular weight excluding hydrogens is 444 g/mol. The second-order valence-electron chi connectivity index (χ2n) is 8.62. The van der Waals surface area contributed by atoms with Gasteiger partial charge in [0.25, 0.3) is 0 Å². The van der Waals surface area contributed by atoms with Gasteiger partial charge in [0.2, 0.25) is 0 Å². The van der Waals surface area contributed by atoms with Crippen LogP contribution in [-0.4, -0.2) is 18.8 Å². The molecule has 0 atom stereocenters. The Morgan fingerprint density at radius 2 is 0.861 bits per heavy atom. The minimum Gasteiger partial charge on any atom is -0.497 e. The first kappa shape index (κ1) is 21.8. The molecule has 0 saturated heterocycles. The number of para-hydroxylation sites is 2. The lowest BCUT2D eigenvalue weighted by Gasteiger charge is -2.26. The van der Waals surface area contributed by atoms with Crippen molar-refractivity contribution in [1.82, 2.24) is 4.57 Å². The minimum atomic E-state index is 0.829. The molecule has 0 amide bonds. The second kappa shape index (κ2) is 9.16. The van der Waals surface area contributed by atoms with Gasteiger partial charge in [-0.25, -0.2) is 0 Å². The Bertz CT molecular complexity index is 1530. The van der Waals surface area contributed by atoms with Crippen molar-refractivity contribution in [3.05, 3.63) is 121 Å². The van der Waals surface area contributed by atoms with Gasteiger partial charge in [-0.1, -0.05) is 36.4 Å². The van der Waals surface area contributed by atoms with Crippen LogP contribution in [0, 0.1) is 0 Å². The number of hydrogen-bond donors (Lipinski definition) is 0. The maximum absolute atomic E-state index is 5.38. The maximum atomic E-state index is 5.38. The van der Waals surface area contributed by atoms with E-state index in [-0.39, 0.29) is 0 Å². The highest BCUT2D eigenvalue weighted by Crippen LogP contribution is 2.37. The summed E-state index contributed by atoms with van der Waals surface area (Å²) in [5.41, 5.74) is 6.69. The average molecular weight is 471 g/mol. The Morgan fingerprint density at radius 3 is 1.28 bits per heavy atom. The molecule has 1 aromatic heterocycles. The lowest BCUT2D eigenvalue weighted by molar-refractivity contribution is 0.415. The van der Waals surface area contributed by atoms with Crippen molar-refractivity contribution in [3.63, 3.8) is 0 Å². The van der Waals surface area contributed by atoms with Crippen molar-refractivity contribution in [2.75, 3.05) is 19.1 Å². The summed E-state index contributed by atoms with van der Waals surface area (Å²) in [4.78, 5) is 2.23. The molecular formula is C32H26N2O2. The number of nitrogens with zero attached hydrogens (tertiary/aromatic N) is 2. The number of fused-ring (bicyclic) bond motifs is 3. The molecule has 0 aliphatic carbocycles. The smallest absolute Gasteiger partial charge is 0.119 e. The van der Waals surface area contributed by atoms with E-state index in [0.29, 0.717) is 0 Å². The van der Waals surface area contributed by atoms with Crippen molar-refractivity contribution >= 4 is 38.9 Å². The van der Waals surface area contributed by atoms with Crippen LogP contribution in [-0.2, 0) is 0 Å². The zero-order valence-electron chi connectivity index (χ0n) is 20.3. The Morgan fingerprint density at radius 1 is 0.472 bits per heavy atom. The first-order chi connectivity index (χ1) is 17.8. The molecule has 4 nitrogen and oxygen atoms in total. The van der Waals surface area contributed by atoms with E-state index in [0.717, 1.165) is 34.2 Å². The predicted molar refractivity (Wildman–Crippen MR) is 149 cm³/mol. The number of methoxy groups -OCH3 is 2. The summed E-state index contributed by atoms with van der Waals surface area (Å²) >= 11 is 0. The zero-order chi connectivity index (χ0) is 24.5. The van der Waals surface area contributed by atoms with Crippen molar-refractivity contribution < 1.29 is 9.47 Å². The van der Waals surface area contributed by atoms with Gasteiger partial charge >= 0.3 is 0 Å². The standard InChI is InChI=1S/C32H26N2O2/c1-35-27-19-15-24(16-20-27)33(25-17-21-28(36-2)22-18-25)23-11-13-26(14-12-23)34-31-9-5-3-7-29(31)30-8-4-6-10-32(30)34/h3-22H,1-2H3. The largest absolute Gasteiger partial charge is 0.497 e. The van der Waals surface area contributed by atoms with Crippen molar-refractivity contribution in [2.45, 2.75) is 0 Å². The summed E-state index contributed by atoms with van der Waals surface area (Å²) in [7, 11) is 3.37. The monoisotopic (exact) mass is 470 g/mol. The van der Waals surface area contributed by atoms with E-state index in [1.807, 2.05) is 24.3 Å². The van der Waals surface area contributed by atoms with Crippen molar-refractivity contribution in [3.8, 4) is 17.2 Å². The molecule has 0 spiro atoms. The molecule has 0 unspecified atom stereocenters. The van der Waals surface area contributed by atoms with Crippen LogP contribution in [0.3, 0.4) is 0 Å². The highest BCUT2D eigenvalue weighted by molar-refractivity contribution is 6.09. The van der Waals surface area contributed by atoms with E-state index >= 15 is 0 Å². The molecule has 0 aliphatic heterocycles. The predicted octanol–water partition coefficient (Wildman–Crippen LogP) is 8.27.